The van der Waals surface area contributed by atoms with E-state index in [0.717, 1.165) is 17.0 Å². The molecule has 0 aliphatic carbocycles. The highest BCUT2D eigenvalue weighted by molar-refractivity contribution is 7.07. The van der Waals surface area contributed by atoms with Crippen LogP contribution >= 0.6 is 11.3 Å². The van der Waals surface area contributed by atoms with Crippen LogP contribution in [0.1, 0.15) is 22.9 Å². The number of rotatable bonds is 4. The number of aromatic nitrogens is 1. The Hall–Kier alpha value is -1.39. The van der Waals surface area contributed by atoms with Gasteiger partial charge < -0.3 is 10.1 Å². The third-order valence-corrected chi connectivity index (χ3v) is 3.39. The second-order valence-electron chi connectivity index (χ2n) is 3.86. The molecule has 2 rings (SSSR count). The summed E-state index contributed by atoms with van der Waals surface area (Å²) >= 11 is 1.61. The number of ether oxygens (including phenoxy) is 1. The van der Waals surface area contributed by atoms with E-state index in [9.17, 15) is 0 Å². The summed E-state index contributed by atoms with van der Waals surface area (Å²) in [5.74, 6) is 0.918. The van der Waals surface area contributed by atoms with Crippen LogP contribution in [0.25, 0.3) is 0 Å². The number of thiazole rings is 1. The molecule has 17 heavy (non-hydrogen) atoms. The van der Waals surface area contributed by atoms with Crippen LogP contribution in [-0.4, -0.2) is 19.1 Å². The predicted molar refractivity (Wildman–Crippen MR) is 70.7 cm³/mol. The smallest absolute Gasteiger partial charge is 0.121 e. The molecule has 1 aromatic carbocycles. The van der Waals surface area contributed by atoms with E-state index in [4.69, 9.17) is 4.74 Å². The fourth-order valence-corrected chi connectivity index (χ4v) is 2.51. The Morgan fingerprint density at radius 1 is 1.41 bits per heavy atom. The Morgan fingerprint density at radius 2 is 2.24 bits per heavy atom. The van der Waals surface area contributed by atoms with Gasteiger partial charge in [-0.05, 0) is 31.2 Å². The van der Waals surface area contributed by atoms with Crippen LogP contribution in [-0.2, 0) is 0 Å². The molecule has 0 spiro atoms. The quantitative estimate of drug-likeness (QED) is 0.903. The number of hydrogen-bond donors (Lipinski definition) is 1. The molecule has 90 valence electrons. The number of hydrogen-bond acceptors (Lipinski definition) is 4. The third kappa shape index (κ3) is 2.48. The molecule has 0 aliphatic rings. The molecule has 1 unspecified atom stereocenters. The van der Waals surface area contributed by atoms with E-state index < -0.39 is 0 Å². The van der Waals surface area contributed by atoms with E-state index in [-0.39, 0.29) is 6.04 Å². The molecule has 1 atom stereocenters. The van der Waals surface area contributed by atoms with Crippen molar-refractivity contribution < 1.29 is 4.74 Å². The van der Waals surface area contributed by atoms with Crippen molar-refractivity contribution in [1.29, 1.82) is 0 Å². The summed E-state index contributed by atoms with van der Waals surface area (Å²) in [5.41, 5.74) is 5.26. The van der Waals surface area contributed by atoms with Gasteiger partial charge in [0.25, 0.3) is 0 Å². The van der Waals surface area contributed by atoms with Gasteiger partial charge in [0.2, 0.25) is 0 Å². The molecular formula is C13H16N2OS. The monoisotopic (exact) mass is 248 g/mol. The lowest BCUT2D eigenvalue weighted by molar-refractivity contribution is 0.411. The highest BCUT2D eigenvalue weighted by Gasteiger charge is 2.14. The summed E-state index contributed by atoms with van der Waals surface area (Å²) in [7, 11) is 3.64. The van der Waals surface area contributed by atoms with Crippen LogP contribution in [0.3, 0.4) is 0 Å². The molecule has 0 saturated carbocycles. The van der Waals surface area contributed by atoms with Gasteiger partial charge in [-0.2, -0.15) is 0 Å². The topological polar surface area (TPSA) is 34.1 Å². The average Bonchev–Trinajstić information content (AvgIpc) is 2.84. The number of benzene rings is 1. The Kier molecular flexibility index (Phi) is 3.76. The van der Waals surface area contributed by atoms with Gasteiger partial charge in [-0.1, -0.05) is 12.1 Å². The van der Waals surface area contributed by atoms with Crippen LogP contribution in [0.4, 0.5) is 0 Å². The summed E-state index contributed by atoms with van der Waals surface area (Å²) in [6.07, 6.45) is 0. The number of nitrogens with zero attached hydrogens (tertiary/aromatic N) is 1. The second kappa shape index (κ2) is 5.29. The average molecular weight is 248 g/mol. The first kappa shape index (κ1) is 12.1. The van der Waals surface area contributed by atoms with Crippen LogP contribution in [0.2, 0.25) is 0 Å². The van der Waals surface area contributed by atoms with Crippen molar-refractivity contribution in [1.82, 2.24) is 10.3 Å². The van der Waals surface area contributed by atoms with Gasteiger partial charge >= 0.3 is 0 Å². The molecule has 1 N–H and O–H groups in total. The Labute approximate surface area is 105 Å². The third-order valence-electron chi connectivity index (χ3n) is 2.79. The van der Waals surface area contributed by atoms with Crippen molar-refractivity contribution in [3.63, 3.8) is 0 Å². The Bertz CT molecular complexity index is 482. The lowest BCUT2D eigenvalue weighted by Gasteiger charge is -2.16. The lowest BCUT2D eigenvalue weighted by Crippen LogP contribution is -2.18. The Balaban J connectivity index is 2.35. The summed E-state index contributed by atoms with van der Waals surface area (Å²) in [5, 5.41) is 5.36. The van der Waals surface area contributed by atoms with E-state index in [1.165, 1.54) is 5.56 Å². The molecule has 0 saturated heterocycles. The largest absolute Gasteiger partial charge is 0.496 e. The molecule has 1 aromatic heterocycles. The number of aryl methyl sites for hydroxylation is 1. The zero-order chi connectivity index (χ0) is 12.3. The van der Waals surface area contributed by atoms with E-state index >= 15 is 0 Å². The minimum absolute atomic E-state index is 0.144. The summed E-state index contributed by atoms with van der Waals surface area (Å²) < 4.78 is 5.27. The van der Waals surface area contributed by atoms with Crippen molar-refractivity contribution in [2.24, 2.45) is 0 Å². The first-order valence-corrected chi connectivity index (χ1v) is 6.40. The standard InChI is InChI=1S/C13H16N2OS/c1-9-6-10(4-5-12(9)16-3)13(14-2)11-7-17-8-15-11/h4-8,13-14H,1-3H3. The first-order valence-electron chi connectivity index (χ1n) is 5.46. The van der Waals surface area contributed by atoms with E-state index in [1.54, 1.807) is 18.4 Å². The maximum Gasteiger partial charge on any atom is 0.121 e. The Morgan fingerprint density at radius 3 is 2.76 bits per heavy atom. The molecular weight excluding hydrogens is 232 g/mol. The first-order chi connectivity index (χ1) is 8.26. The highest BCUT2D eigenvalue weighted by atomic mass is 32.1. The molecule has 1 heterocycles. The maximum atomic E-state index is 5.27. The highest BCUT2D eigenvalue weighted by Crippen LogP contribution is 2.26. The molecule has 0 fully saturated rings. The molecule has 2 aromatic rings. The molecule has 3 nitrogen and oxygen atoms in total. The molecule has 0 amide bonds. The maximum absolute atomic E-state index is 5.27. The SMILES string of the molecule is CNC(c1ccc(OC)c(C)c1)c1cscn1. The van der Waals surface area contributed by atoms with Crippen LogP contribution in [0.5, 0.6) is 5.75 Å². The van der Waals surface area contributed by atoms with Crippen LogP contribution in [0.15, 0.2) is 29.1 Å². The fraction of sp³-hybridized carbons (Fsp3) is 0.308. The summed E-state index contributed by atoms with van der Waals surface area (Å²) in [4.78, 5) is 4.36. The van der Waals surface area contributed by atoms with E-state index in [1.807, 2.05) is 18.6 Å². The van der Waals surface area contributed by atoms with Crippen LogP contribution < -0.4 is 10.1 Å². The molecule has 0 radical (unpaired) electrons. The fourth-order valence-electron chi connectivity index (χ4n) is 1.93. The molecule has 4 heteroatoms. The van der Waals surface area contributed by atoms with Gasteiger partial charge in [-0.25, -0.2) is 4.98 Å². The molecule has 0 aliphatic heterocycles. The van der Waals surface area contributed by atoms with Gasteiger partial charge in [0, 0.05) is 5.38 Å². The van der Waals surface area contributed by atoms with Crippen molar-refractivity contribution in [3.8, 4) is 5.75 Å². The van der Waals surface area contributed by atoms with Gasteiger partial charge in [-0.3, -0.25) is 0 Å². The normalized spacial score (nSPS) is 12.4. The summed E-state index contributed by atoms with van der Waals surface area (Å²) in [6.45, 7) is 2.05. The van der Waals surface area contributed by atoms with Crippen molar-refractivity contribution >= 4 is 11.3 Å². The van der Waals surface area contributed by atoms with Crippen LogP contribution in [0, 0.1) is 6.92 Å². The minimum atomic E-state index is 0.144. The van der Waals surface area contributed by atoms with Gasteiger partial charge in [0.1, 0.15) is 5.75 Å². The van der Waals surface area contributed by atoms with Crippen molar-refractivity contribution in [2.45, 2.75) is 13.0 Å². The van der Waals surface area contributed by atoms with Gasteiger partial charge in [-0.15, -0.1) is 11.3 Å². The number of nitrogens with one attached hydrogen (secondary N) is 1. The van der Waals surface area contributed by atoms with Crippen molar-refractivity contribution in [3.05, 3.63) is 45.9 Å². The van der Waals surface area contributed by atoms with Crippen molar-refractivity contribution in [2.75, 3.05) is 14.2 Å². The lowest BCUT2D eigenvalue weighted by atomic mass is 10.0. The zero-order valence-corrected chi connectivity index (χ0v) is 11.0. The zero-order valence-electron chi connectivity index (χ0n) is 10.2. The number of methoxy groups -OCH3 is 1. The molecule has 0 bridgehead atoms. The van der Waals surface area contributed by atoms with Gasteiger partial charge in [0.15, 0.2) is 0 Å². The minimum Gasteiger partial charge on any atom is -0.496 e. The second-order valence-corrected chi connectivity index (χ2v) is 4.58. The van der Waals surface area contributed by atoms with E-state index in [0.29, 0.717) is 0 Å². The van der Waals surface area contributed by atoms with E-state index in [2.05, 4.69) is 34.7 Å². The predicted octanol–water partition coefficient (Wildman–Crippen LogP) is 2.77. The van der Waals surface area contributed by atoms with Gasteiger partial charge in [0.05, 0.1) is 24.4 Å². The summed E-state index contributed by atoms with van der Waals surface area (Å²) in [6, 6.07) is 6.36.